The van der Waals surface area contributed by atoms with Crippen LogP contribution >= 0.6 is 0 Å². The molecular weight excluding hydrogens is 188 g/mol. The van der Waals surface area contributed by atoms with E-state index in [1.165, 1.54) is 0 Å². The third kappa shape index (κ3) is 6.50. The summed E-state index contributed by atoms with van der Waals surface area (Å²) >= 11 is 0. The summed E-state index contributed by atoms with van der Waals surface area (Å²) in [6.07, 6.45) is 1.00. The Morgan fingerprint density at radius 1 is 1.13 bits per heavy atom. The first kappa shape index (κ1) is 14.4. The van der Waals surface area contributed by atoms with Crippen LogP contribution in [0.2, 0.25) is 0 Å². The molecule has 0 rings (SSSR count). The maximum atomic E-state index is 11.8. The average molecular weight is 214 g/mol. The second-order valence-corrected chi connectivity index (χ2v) is 5.72. The summed E-state index contributed by atoms with van der Waals surface area (Å²) in [4.78, 5) is 11.8. The van der Waals surface area contributed by atoms with Crippen LogP contribution in [0.15, 0.2) is 0 Å². The minimum absolute atomic E-state index is 0.0774. The highest BCUT2D eigenvalue weighted by molar-refractivity contribution is 5.85. The zero-order chi connectivity index (χ0) is 12.1. The van der Waals surface area contributed by atoms with Crippen LogP contribution in [0.5, 0.6) is 0 Å². The number of carbonyl (C=O) groups is 1. The second-order valence-electron chi connectivity index (χ2n) is 5.72. The zero-order valence-electron chi connectivity index (χ0n) is 11.0. The maximum Gasteiger partial charge on any atom is 0.239 e. The number of hydrogen-bond donors (Lipinski definition) is 2. The maximum absolute atomic E-state index is 11.8. The van der Waals surface area contributed by atoms with Crippen LogP contribution in [0.1, 0.15) is 48.0 Å². The van der Waals surface area contributed by atoms with Gasteiger partial charge in [-0.25, -0.2) is 0 Å². The molecule has 0 aromatic heterocycles. The number of hydrogen-bond acceptors (Lipinski definition) is 2. The van der Waals surface area contributed by atoms with Crippen LogP contribution in [-0.2, 0) is 4.79 Å². The van der Waals surface area contributed by atoms with E-state index in [4.69, 9.17) is 0 Å². The van der Waals surface area contributed by atoms with Crippen molar-refractivity contribution >= 4 is 5.91 Å². The van der Waals surface area contributed by atoms with E-state index in [0.717, 1.165) is 19.5 Å². The monoisotopic (exact) mass is 214 g/mol. The van der Waals surface area contributed by atoms with Gasteiger partial charge in [-0.3, -0.25) is 4.79 Å². The molecule has 1 amide bonds. The molecule has 0 heterocycles. The van der Waals surface area contributed by atoms with Crippen molar-refractivity contribution in [1.29, 1.82) is 0 Å². The second kappa shape index (κ2) is 5.50. The molecule has 3 nitrogen and oxygen atoms in total. The van der Waals surface area contributed by atoms with Crippen LogP contribution < -0.4 is 10.6 Å². The molecule has 0 aromatic carbocycles. The Morgan fingerprint density at radius 2 is 1.67 bits per heavy atom. The SMILES string of the molecule is CCNC(C)(C)C(=O)NCCC(C)(C)C. The minimum atomic E-state index is -0.466. The summed E-state index contributed by atoms with van der Waals surface area (Å²) in [5, 5.41) is 6.12. The molecule has 0 bridgehead atoms. The van der Waals surface area contributed by atoms with E-state index in [-0.39, 0.29) is 11.3 Å². The van der Waals surface area contributed by atoms with E-state index in [1.54, 1.807) is 0 Å². The predicted molar refractivity (Wildman–Crippen MR) is 64.8 cm³/mol. The van der Waals surface area contributed by atoms with Crippen molar-refractivity contribution in [2.75, 3.05) is 13.1 Å². The first-order valence-electron chi connectivity index (χ1n) is 5.72. The lowest BCUT2D eigenvalue weighted by atomic mass is 9.92. The Balaban J connectivity index is 3.94. The van der Waals surface area contributed by atoms with Gasteiger partial charge in [0, 0.05) is 6.54 Å². The van der Waals surface area contributed by atoms with Gasteiger partial charge < -0.3 is 10.6 Å². The van der Waals surface area contributed by atoms with Crippen molar-refractivity contribution in [2.24, 2.45) is 5.41 Å². The van der Waals surface area contributed by atoms with E-state index < -0.39 is 5.54 Å². The van der Waals surface area contributed by atoms with Crippen LogP contribution in [0, 0.1) is 5.41 Å². The van der Waals surface area contributed by atoms with Gasteiger partial charge in [0.05, 0.1) is 5.54 Å². The van der Waals surface area contributed by atoms with Crippen LogP contribution in [0.3, 0.4) is 0 Å². The number of carbonyl (C=O) groups excluding carboxylic acids is 1. The van der Waals surface area contributed by atoms with Crippen molar-refractivity contribution in [3.05, 3.63) is 0 Å². The smallest absolute Gasteiger partial charge is 0.239 e. The molecule has 0 unspecified atom stereocenters. The minimum Gasteiger partial charge on any atom is -0.354 e. The summed E-state index contributed by atoms with van der Waals surface area (Å²) in [7, 11) is 0. The van der Waals surface area contributed by atoms with Gasteiger partial charge >= 0.3 is 0 Å². The van der Waals surface area contributed by atoms with Gasteiger partial charge in [-0.2, -0.15) is 0 Å². The number of nitrogens with one attached hydrogen (secondary N) is 2. The van der Waals surface area contributed by atoms with Gasteiger partial charge in [0.2, 0.25) is 5.91 Å². The molecule has 0 atom stereocenters. The molecular formula is C12H26N2O. The summed E-state index contributed by atoms with van der Waals surface area (Å²) in [6.45, 7) is 13.9. The molecule has 0 aromatic rings. The summed E-state index contributed by atoms with van der Waals surface area (Å²) in [5.41, 5.74) is -0.192. The molecule has 0 aliphatic carbocycles. The van der Waals surface area contributed by atoms with Gasteiger partial charge in [0.15, 0.2) is 0 Å². The first-order valence-corrected chi connectivity index (χ1v) is 5.72. The van der Waals surface area contributed by atoms with E-state index in [2.05, 4.69) is 31.4 Å². The van der Waals surface area contributed by atoms with E-state index in [0.29, 0.717) is 0 Å². The normalized spacial score (nSPS) is 12.7. The van der Waals surface area contributed by atoms with Crippen LogP contribution in [0.4, 0.5) is 0 Å². The number of likely N-dealkylation sites (N-methyl/N-ethyl adjacent to an activating group) is 1. The van der Waals surface area contributed by atoms with Gasteiger partial charge in [0.1, 0.15) is 0 Å². The van der Waals surface area contributed by atoms with Crippen LogP contribution in [0.25, 0.3) is 0 Å². The Hall–Kier alpha value is -0.570. The highest BCUT2D eigenvalue weighted by atomic mass is 16.2. The average Bonchev–Trinajstić information content (AvgIpc) is 2.01. The fraction of sp³-hybridized carbons (Fsp3) is 0.917. The highest BCUT2D eigenvalue weighted by Gasteiger charge is 2.25. The Kier molecular flexibility index (Phi) is 5.29. The summed E-state index contributed by atoms with van der Waals surface area (Å²) in [5.74, 6) is 0.0774. The lowest BCUT2D eigenvalue weighted by Crippen LogP contribution is -2.52. The Morgan fingerprint density at radius 3 is 2.07 bits per heavy atom. The third-order valence-corrected chi connectivity index (χ3v) is 2.35. The van der Waals surface area contributed by atoms with E-state index in [1.807, 2.05) is 20.8 Å². The number of amides is 1. The lowest BCUT2D eigenvalue weighted by molar-refractivity contribution is -0.126. The quantitative estimate of drug-likeness (QED) is 0.734. The predicted octanol–water partition coefficient (Wildman–Crippen LogP) is 1.93. The summed E-state index contributed by atoms with van der Waals surface area (Å²) < 4.78 is 0. The fourth-order valence-electron chi connectivity index (χ4n) is 1.29. The van der Waals surface area contributed by atoms with Gasteiger partial charge in [-0.1, -0.05) is 27.7 Å². The topological polar surface area (TPSA) is 41.1 Å². The molecule has 0 saturated carbocycles. The number of rotatable bonds is 5. The molecule has 0 spiro atoms. The zero-order valence-corrected chi connectivity index (χ0v) is 11.0. The van der Waals surface area contributed by atoms with Crippen molar-refractivity contribution < 1.29 is 4.79 Å². The molecule has 0 aliphatic heterocycles. The molecule has 15 heavy (non-hydrogen) atoms. The van der Waals surface area contributed by atoms with Gasteiger partial charge in [0.25, 0.3) is 0 Å². The van der Waals surface area contributed by atoms with Crippen molar-refractivity contribution in [3.8, 4) is 0 Å². The molecule has 0 aliphatic rings. The van der Waals surface area contributed by atoms with Crippen molar-refractivity contribution in [3.63, 3.8) is 0 Å². The van der Waals surface area contributed by atoms with Gasteiger partial charge in [-0.15, -0.1) is 0 Å². The van der Waals surface area contributed by atoms with Gasteiger partial charge in [-0.05, 0) is 32.2 Å². The Bertz CT molecular complexity index is 204. The fourth-order valence-corrected chi connectivity index (χ4v) is 1.29. The first-order chi connectivity index (χ1) is 6.69. The van der Waals surface area contributed by atoms with Crippen molar-refractivity contribution in [1.82, 2.24) is 10.6 Å². The lowest BCUT2D eigenvalue weighted by Gasteiger charge is -2.25. The molecule has 0 saturated heterocycles. The van der Waals surface area contributed by atoms with Crippen molar-refractivity contribution in [2.45, 2.75) is 53.5 Å². The highest BCUT2D eigenvalue weighted by Crippen LogP contribution is 2.17. The Labute approximate surface area is 94.0 Å². The largest absolute Gasteiger partial charge is 0.354 e. The molecule has 90 valence electrons. The molecule has 3 heteroatoms. The third-order valence-electron chi connectivity index (χ3n) is 2.35. The standard InChI is InChI=1S/C12H26N2O/c1-7-14-12(5,6)10(15)13-9-8-11(2,3)4/h14H,7-9H2,1-6H3,(H,13,15). The molecule has 0 fully saturated rings. The molecule has 0 radical (unpaired) electrons. The van der Waals surface area contributed by atoms with E-state index >= 15 is 0 Å². The summed E-state index contributed by atoms with van der Waals surface area (Å²) in [6, 6.07) is 0. The van der Waals surface area contributed by atoms with E-state index in [9.17, 15) is 4.79 Å². The molecule has 2 N–H and O–H groups in total. The van der Waals surface area contributed by atoms with Crippen LogP contribution in [-0.4, -0.2) is 24.5 Å².